The molecule has 0 aromatic rings. The minimum Gasteiger partial charge on any atom is -0.466 e. The van der Waals surface area contributed by atoms with Gasteiger partial charge >= 0.3 is 5.97 Å². The molecule has 5 rings (SSSR count). The minimum atomic E-state index is -1.30. The van der Waals surface area contributed by atoms with Crippen molar-refractivity contribution in [2.45, 2.75) is 42.5 Å². The highest BCUT2D eigenvalue weighted by atomic mass is 16.6. The second-order valence-corrected chi connectivity index (χ2v) is 8.03. The quantitative estimate of drug-likeness (QED) is 0.570. The van der Waals surface area contributed by atoms with E-state index in [1.54, 1.807) is 6.08 Å². The molecule has 5 aliphatic rings. The summed E-state index contributed by atoms with van der Waals surface area (Å²) in [4.78, 5) is 12.5. The summed E-state index contributed by atoms with van der Waals surface area (Å²) in [5.74, 6) is -0.724. The Kier molecular flexibility index (Phi) is 2.83. The van der Waals surface area contributed by atoms with Crippen molar-refractivity contribution >= 4 is 5.97 Å². The predicted molar refractivity (Wildman–Crippen MR) is 90.1 cm³/mol. The molecule has 26 heavy (non-hydrogen) atoms. The standard InChI is InChI=1S/C20H19N3O3/c1-11-16-15-13(7-12-3-4-14(15)23-12)18(9-21,10-22)8-19(16)5-6-20(11,26-19)17(24)25-2/h5-7,12,14-16,23H,1,3-4,8H2,2H3/t12-,14+,15-,16-,19+,20+/m1/s1. The van der Waals surface area contributed by atoms with E-state index in [1.165, 1.54) is 7.11 Å². The average molecular weight is 349 g/mol. The summed E-state index contributed by atoms with van der Waals surface area (Å²) in [5, 5.41) is 23.5. The first-order valence-electron chi connectivity index (χ1n) is 8.94. The molecule has 0 aromatic heterocycles. The third kappa shape index (κ3) is 1.52. The summed E-state index contributed by atoms with van der Waals surface area (Å²) in [6.45, 7) is 4.23. The molecule has 4 aliphatic heterocycles. The molecule has 1 spiro atoms. The molecule has 3 fully saturated rings. The van der Waals surface area contributed by atoms with E-state index in [1.807, 2.05) is 6.08 Å². The zero-order chi connectivity index (χ0) is 18.3. The number of carbonyl (C=O) groups is 1. The molecular formula is C20H19N3O3. The number of carbonyl (C=O) groups excluding carboxylic acids is 1. The van der Waals surface area contributed by atoms with Gasteiger partial charge in [0.1, 0.15) is 0 Å². The summed E-state index contributed by atoms with van der Waals surface area (Å²) in [6.07, 6.45) is 7.80. The summed E-state index contributed by atoms with van der Waals surface area (Å²) in [7, 11) is 1.33. The van der Waals surface area contributed by atoms with Crippen LogP contribution in [0.25, 0.3) is 0 Å². The zero-order valence-corrected chi connectivity index (χ0v) is 14.5. The fraction of sp³-hybridized carbons (Fsp3) is 0.550. The van der Waals surface area contributed by atoms with Crippen molar-refractivity contribution in [2.75, 3.05) is 7.11 Å². The largest absolute Gasteiger partial charge is 0.466 e. The Bertz CT molecular complexity index is 877. The molecule has 0 aromatic carbocycles. The van der Waals surface area contributed by atoms with Crippen LogP contribution >= 0.6 is 0 Å². The number of ether oxygens (including phenoxy) is 2. The van der Waals surface area contributed by atoms with Crippen molar-refractivity contribution in [3.63, 3.8) is 0 Å². The van der Waals surface area contributed by atoms with Crippen molar-refractivity contribution in [3.8, 4) is 12.1 Å². The molecule has 132 valence electrons. The van der Waals surface area contributed by atoms with Gasteiger partial charge in [-0.05, 0) is 30.1 Å². The normalized spacial score (nSPS) is 46.0. The average Bonchev–Trinajstić information content (AvgIpc) is 3.30. The van der Waals surface area contributed by atoms with E-state index in [-0.39, 0.29) is 30.3 Å². The lowest BCUT2D eigenvalue weighted by Crippen LogP contribution is -2.57. The van der Waals surface area contributed by atoms with Gasteiger partial charge in [0.2, 0.25) is 5.60 Å². The molecule has 6 heteroatoms. The van der Waals surface area contributed by atoms with Crippen LogP contribution in [0.4, 0.5) is 0 Å². The first kappa shape index (κ1) is 15.8. The van der Waals surface area contributed by atoms with Crippen molar-refractivity contribution in [1.82, 2.24) is 5.32 Å². The Morgan fingerprint density at radius 1 is 1.38 bits per heavy atom. The van der Waals surface area contributed by atoms with Gasteiger partial charge in [0.15, 0.2) is 5.41 Å². The maximum Gasteiger partial charge on any atom is 0.346 e. The number of methoxy groups -OCH3 is 1. The lowest BCUT2D eigenvalue weighted by molar-refractivity contribution is -0.162. The SMILES string of the molecule is C=C1[C@@H]2[C@@H]3C(=C[C@H]4CC[C@@H]3N4)C(C#N)(C#N)C[C@@]23C=C[C@]1(C(=O)OC)O3. The third-order valence-electron chi connectivity index (χ3n) is 6.98. The maximum atomic E-state index is 12.5. The number of hydrogen-bond acceptors (Lipinski definition) is 6. The lowest BCUT2D eigenvalue weighted by Gasteiger charge is -2.51. The summed E-state index contributed by atoms with van der Waals surface area (Å²) < 4.78 is 11.3. The molecule has 1 saturated carbocycles. The first-order valence-corrected chi connectivity index (χ1v) is 8.94. The van der Waals surface area contributed by atoms with Crippen molar-refractivity contribution in [2.24, 2.45) is 17.3 Å². The molecule has 0 radical (unpaired) electrons. The van der Waals surface area contributed by atoms with Crippen LogP contribution in [0.1, 0.15) is 19.3 Å². The van der Waals surface area contributed by atoms with Gasteiger partial charge in [0.05, 0.1) is 24.8 Å². The van der Waals surface area contributed by atoms with E-state index in [4.69, 9.17) is 9.47 Å². The van der Waals surface area contributed by atoms with E-state index < -0.39 is 22.6 Å². The Labute approximate surface area is 151 Å². The molecule has 4 heterocycles. The first-order chi connectivity index (χ1) is 12.5. The highest BCUT2D eigenvalue weighted by Crippen LogP contribution is 2.66. The fourth-order valence-corrected chi connectivity index (χ4v) is 5.96. The van der Waals surface area contributed by atoms with E-state index in [2.05, 4.69) is 30.1 Å². The van der Waals surface area contributed by atoms with Gasteiger partial charge in [0, 0.05) is 30.3 Å². The van der Waals surface area contributed by atoms with Gasteiger partial charge in [-0.3, -0.25) is 0 Å². The third-order valence-corrected chi connectivity index (χ3v) is 6.98. The lowest BCUT2D eigenvalue weighted by atomic mass is 9.52. The van der Waals surface area contributed by atoms with Crippen molar-refractivity contribution < 1.29 is 14.3 Å². The van der Waals surface area contributed by atoms with E-state index in [0.717, 1.165) is 18.4 Å². The number of nitrogens with one attached hydrogen (secondary N) is 1. The number of nitriles is 2. The number of nitrogens with zero attached hydrogens (tertiary/aromatic N) is 2. The van der Waals surface area contributed by atoms with E-state index in [9.17, 15) is 15.3 Å². The number of hydrogen-bond donors (Lipinski definition) is 1. The van der Waals surface area contributed by atoms with Crippen LogP contribution < -0.4 is 5.32 Å². The Morgan fingerprint density at radius 2 is 2.15 bits per heavy atom. The van der Waals surface area contributed by atoms with Gasteiger partial charge in [-0.2, -0.15) is 10.5 Å². The maximum absolute atomic E-state index is 12.5. The molecule has 0 amide bonds. The van der Waals surface area contributed by atoms with Gasteiger partial charge in [-0.25, -0.2) is 4.79 Å². The Balaban J connectivity index is 1.72. The van der Waals surface area contributed by atoms with Gasteiger partial charge < -0.3 is 14.8 Å². The number of rotatable bonds is 1. The molecular weight excluding hydrogens is 330 g/mol. The van der Waals surface area contributed by atoms with Crippen LogP contribution in [-0.2, 0) is 14.3 Å². The fourth-order valence-electron chi connectivity index (χ4n) is 5.96. The van der Waals surface area contributed by atoms with Gasteiger partial charge in [0.25, 0.3) is 0 Å². The minimum absolute atomic E-state index is 0.0780. The van der Waals surface area contributed by atoms with Crippen LogP contribution in [0.3, 0.4) is 0 Å². The molecule has 2 saturated heterocycles. The highest BCUT2D eigenvalue weighted by Gasteiger charge is 2.72. The monoisotopic (exact) mass is 349 g/mol. The Hall–Kier alpha value is -2.41. The number of esters is 1. The van der Waals surface area contributed by atoms with Crippen LogP contribution in [0.15, 0.2) is 36.0 Å². The zero-order valence-electron chi connectivity index (χ0n) is 14.5. The van der Waals surface area contributed by atoms with Crippen molar-refractivity contribution in [3.05, 3.63) is 36.0 Å². The van der Waals surface area contributed by atoms with Crippen LogP contribution in [0.2, 0.25) is 0 Å². The molecule has 1 N–H and O–H groups in total. The van der Waals surface area contributed by atoms with Gasteiger partial charge in [-0.1, -0.05) is 18.7 Å². The molecule has 1 aliphatic carbocycles. The van der Waals surface area contributed by atoms with Crippen LogP contribution in [0.5, 0.6) is 0 Å². The molecule has 0 unspecified atom stereocenters. The topological polar surface area (TPSA) is 95.1 Å². The molecule has 6 nitrogen and oxygen atoms in total. The van der Waals surface area contributed by atoms with Crippen LogP contribution in [0, 0.1) is 39.9 Å². The number of fused-ring (bicyclic) bond motifs is 6. The summed E-state index contributed by atoms with van der Waals surface area (Å²) in [6, 6.07) is 4.92. The summed E-state index contributed by atoms with van der Waals surface area (Å²) >= 11 is 0. The second-order valence-electron chi connectivity index (χ2n) is 8.03. The Morgan fingerprint density at radius 3 is 2.85 bits per heavy atom. The molecule has 6 atom stereocenters. The predicted octanol–water partition coefficient (Wildman–Crippen LogP) is 1.52. The second kappa shape index (κ2) is 4.65. The smallest absolute Gasteiger partial charge is 0.346 e. The van der Waals surface area contributed by atoms with Crippen LogP contribution in [-0.4, -0.2) is 36.4 Å². The molecule has 4 bridgehead atoms. The highest BCUT2D eigenvalue weighted by molar-refractivity contribution is 5.89. The van der Waals surface area contributed by atoms with Gasteiger partial charge in [-0.15, -0.1) is 0 Å². The van der Waals surface area contributed by atoms with E-state index in [0.29, 0.717) is 5.57 Å². The summed E-state index contributed by atoms with van der Waals surface area (Å²) in [5.41, 5.74) is -1.85. The van der Waals surface area contributed by atoms with E-state index >= 15 is 0 Å². The van der Waals surface area contributed by atoms with Crippen molar-refractivity contribution in [1.29, 1.82) is 10.5 Å².